The average Bonchev–Trinajstić information content (AvgIpc) is 3.40. The highest BCUT2D eigenvalue weighted by Crippen LogP contribution is 2.33. The lowest BCUT2D eigenvalue weighted by Crippen LogP contribution is -2.51. The summed E-state index contributed by atoms with van der Waals surface area (Å²) in [6.45, 7) is 4.14. The highest BCUT2D eigenvalue weighted by molar-refractivity contribution is 5.98. The predicted molar refractivity (Wildman–Crippen MR) is 141 cm³/mol. The van der Waals surface area contributed by atoms with Gasteiger partial charge in [0.15, 0.2) is 0 Å². The number of ether oxygens (including phenoxy) is 1. The third-order valence-electron chi connectivity index (χ3n) is 6.19. The van der Waals surface area contributed by atoms with Gasteiger partial charge in [0.25, 0.3) is 5.91 Å². The number of benzene rings is 2. The molecule has 1 aliphatic heterocycles. The second-order valence-corrected chi connectivity index (χ2v) is 9.73. The molecule has 2 aromatic carbocycles. The molecule has 0 aliphatic carbocycles. The van der Waals surface area contributed by atoms with Gasteiger partial charge in [-0.2, -0.15) is 0 Å². The average molecular weight is 535 g/mol. The Morgan fingerprint density at radius 2 is 2.00 bits per heavy atom. The number of nitro benzene ring substituents is 1. The van der Waals surface area contributed by atoms with E-state index in [-0.39, 0.29) is 48.2 Å². The lowest BCUT2D eigenvalue weighted by molar-refractivity contribution is -0.385. The van der Waals surface area contributed by atoms with Gasteiger partial charge in [-0.05, 0) is 48.2 Å². The second kappa shape index (κ2) is 12.2. The Morgan fingerprint density at radius 1 is 1.18 bits per heavy atom. The maximum atomic E-state index is 13.5. The Hall–Kier alpha value is -4.67. The molecule has 3 aromatic rings. The zero-order valence-corrected chi connectivity index (χ0v) is 21.7. The van der Waals surface area contributed by atoms with Crippen LogP contribution in [0.3, 0.4) is 0 Å². The van der Waals surface area contributed by atoms with E-state index in [1.807, 2.05) is 13.8 Å². The van der Waals surface area contributed by atoms with Gasteiger partial charge in [-0.1, -0.05) is 26.0 Å². The molecule has 11 nitrogen and oxygen atoms in total. The molecule has 1 unspecified atom stereocenters. The smallest absolute Gasteiger partial charge is 0.311 e. The Bertz CT molecular complexity index is 1350. The Kier molecular flexibility index (Phi) is 8.60. The van der Waals surface area contributed by atoms with Crippen molar-refractivity contribution in [2.24, 2.45) is 5.92 Å². The summed E-state index contributed by atoms with van der Waals surface area (Å²) in [5.74, 6) is -0.461. The fraction of sp³-hybridized carbons (Fsp3) is 0.321. The number of nitro groups is 1. The molecule has 2 heterocycles. The van der Waals surface area contributed by atoms with E-state index >= 15 is 0 Å². The van der Waals surface area contributed by atoms with Gasteiger partial charge >= 0.3 is 5.69 Å². The van der Waals surface area contributed by atoms with Crippen molar-refractivity contribution in [2.75, 3.05) is 13.1 Å². The summed E-state index contributed by atoms with van der Waals surface area (Å²) in [4.78, 5) is 52.1. The Morgan fingerprint density at radius 3 is 2.72 bits per heavy atom. The first-order valence-corrected chi connectivity index (χ1v) is 12.6. The molecular weight excluding hydrogens is 504 g/mol. The van der Waals surface area contributed by atoms with Crippen LogP contribution in [0.4, 0.5) is 5.69 Å². The van der Waals surface area contributed by atoms with Crippen LogP contribution in [0.2, 0.25) is 0 Å². The number of nitrogens with zero attached hydrogens (tertiary/aromatic N) is 2. The SMILES string of the molecule is CC(C)CCNC(=O)C1Cc2cccc(c2)Oc2cc(ccc2[N+](=O)[O-])C(=O)N(Cc2ccco2)CC(=O)N1. The third kappa shape index (κ3) is 7.22. The summed E-state index contributed by atoms with van der Waals surface area (Å²) < 4.78 is 11.3. The molecule has 4 bridgehead atoms. The van der Waals surface area contributed by atoms with E-state index in [0.29, 0.717) is 23.8 Å². The van der Waals surface area contributed by atoms with Crippen molar-refractivity contribution < 1.29 is 28.5 Å². The van der Waals surface area contributed by atoms with Gasteiger partial charge in [-0.25, -0.2) is 0 Å². The molecule has 4 rings (SSSR count). The van der Waals surface area contributed by atoms with Gasteiger partial charge in [-0.15, -0.1) is 0 Å². The molecule has 0 radical (unpaired) electrons. The fourth-order valence-electron chi connectivity index (χ4n) is 4.18. The maximum absolute atomic E-state index is 13.5. The number of amides is 3. The quantitative estimate of drug-likeness (QED) is 0.346. The number of carbonyl (C=O) groups excluding carboxylic acids is 3. The molecule has 204 valence electrons. The first kappa shape index (κ1) is 27.4. The normalized spacial score (nSPS) is 15.8. The summed E-state index contributed by atoms with van der Waals surface area (Å²) in [5.41, 5.74) is 0.448. The van der Waals surface area contributed by atoms with Crippen molar-refractivity contribution in [3.63, 3.8) is 0 Å². The first-order chi connectivity index (χ1) is 18.7. The summed E-state index contributed by atoms with van der Waals surface area (Å²) in [6.07, 6.45) is 2.37. The van der Waals surface area contributed by atoms with Crippen LogP contribution < -0.4 is 15.4 Å². The minimum absolute atomic E-state index is 0.0310. The van der Waals surface area contributed by atoms with Crippen LogP contribution >= 0.6 is 0 Å². The number of fused-ring (bicyclic) bond motifs is 4. The molecular formula is C28H30N4O7. The number of furan rings is 1. The third-order valence-corrected chi connectivity index (χ3v) is 6.19. The van der Waals surface area contributed by atoms with Gasteiger partial charge in [0, 0.05) is 30.7 Å². The van der Waals surface area contributed by atoms with Crippen LogP contribution in [0.1, 0.15) is 41.9 Å². The fourth-order valence-corrected chi connectivity index (χ4v) is 4.18. The van der Waals surface area contributed by atoms with Gasteiger partial charge in [-0.3, -0.25) is 24.5 Å². The zero-order chi connectivity index (χ0) is 27.9. The first-order valence-electron chi connectivity index (χ1n) is 12.6. The lowest BCUT2D eigenvalue weighted by atomic mass is 10.0. The number of hydrogen-bond acceptors (Lipinski definition) is 7. The van der Waals surface area contributed by atoms with Crippen molar-refractivity contribution in [2.45, 2.75) is 39.3 Å². The summed E-state index contributed by atoms with van der Waals surface area (Å²) in [6, 6.07) is 12.9. The Labute approximate surface area is 225 Å². The molecule has 3 amide bonds. The predicted octanol–water partition coefficient (Wildman–Crippen LogP) is 3.83. The van der Waals surface area contributed by atoms with E-state index in [4.69, 9.17) is 9.15 Å². The molecule has 0 fully saturated rings. The van der Waals surface area contributed by atoms with Crippen LogP contribution in [0, 0.1) is 16.0 Å². The van der Waals surface area contributed by atoms with E-state index in [1.165, 1.54) is 29.4 Å². The van der Waals surface area contributed by atoms with Crippen molar-refractivity contribution in [1.82, 2.24) is 15.5 Å². The van der Waals surface area contributed by atoms with Gasteiger partial charge in [0.1, 0.15) is 24.1 Å². The number of hydrogen-bond donors (Lipinski definition) is 2. The molecule has 11 heteroatoms. The van der Waals surface area contributed by atoms with Crippen molar-refractivity contribution in [3.8, 4) is 11.5 Å². The molecule has 0 saturated carbocycles. The summed E-state index contributed by atoms with van der Waals surface area (Å²) in [7, 11) is 0. The Balaban J connectivity index is 1.72. The molecule has 0 spiro atoms. The number of nitrogens with one attached hydrogen (secondary N) is 2. The van der Waals surface area contributed by atoms with Crippen LogP contribution in [0.25, 0.3) is 0 Å². The second-order valence-electron chi connectivity index (χ2n) is 9.73. The lowest BCUT2D eigenvalue weighted by Gasteiger charge is -2.24. The van der Waals surface area contributed by atoms with E-state index in [0.717, 1.165) is 6.42 Å². The minimum atomic E-state index is -0.921. The van der Waals surface area contributed by atoms with Crippen LogP contribution in [0.5, 0.6) is 11.5 Å². The van der Waals surface area contributed by atoms with Gasteiger partial charge < -0.3 is 24.7 Å². The molecule has 1 aliphatic rings. The van der Waals surface area contributed by atoms with Gasteiger partial charge in [0.05, 0.1) is 17.7 Å². The number of rotatable bonds is 7. The van der Waals surface area contributed by atoms with Crippen molar-refractivity contribution in [1.29, 1.82) is 0 Å². The van der Waals surface area contributed by atoms with E-state index in [2.05, 4.69) is 10.6 Å². The molecule has 2 N–H and O–H groups in total. The molecule has 0 saturated heterocycles. The van der Waals surface area contributed by atoms with E-state index < -0.39 is 22.8 Å². The molecule has 1 atom stereocenters. The van der Waals surface area contributed by atoms with E-state index in [1.54, 1.807) is 36.4 Å². The zero-order valence-electron chi connectivity index (χ0n) is 21.7. The van der Waals surface area contributed by atoms with Crippen molar-refractivity contribution >= 4 is 23.4 Å². The van der Waals surface area contributed by atoms with Gasteiger partial charge in [0.2, 0.25) is 17.6 Å². The summed E-state index contributed by atoms with van der Waals surface area (Å²) >= 11 is 0. The van der Waals surface area contributed by atoms with Crippen LogP contribution in [0.15, 0.2) is 65.3 Å². The monoisotopic (exact) mass is 534 g/mol. The maximum Gasteiger partial charge on any atom is 0.311 e. The molecule has 39 heavy (non-hydrogen) atoms. The molecule has 1 aromatic heterocycles. The minimum Gasteiger partial charge on any atom is -0.467 e. The highest BCUT2D eigenvalue weighted by Gasteiger charge is 2.27. The standard InChI is InChI=1S/C28H30N4O7/c1-18(2)10-11-29-27(34)23-14-19-5-3-6-21(13-19)39-25-15-20(8-9-24(25)32(36)37)28(35)31(17-26(33)30-23)16-22-7-4-12-38-22/h3-9,12-13,15,18,23H,10-11,14,16-17H2,1-2H3,(H,29,34)(H,30,33). The highest BCUT2D eigenvalue weighted by atomic mass is 16.6. The summed E-state index contributed by atoms with van der Waals surface area (Å²) in [5, 5.41) is 17.3. The topological polar surface area (TPSA) is 144 Å². The van der Waals surface area contributed by atoms with E-state index in [9.17, 15) is 24.5 Å². The number of carbonyl (C=O) groups is 3. The van der Waals surface area contributed by atoms with Crippen molar-refractivity contribution in [3.05, 3.63) is 87.9 Å². The van der Waals surface area contributed by atoms with Crippen LogP contribution in [-0.4, -0.2) is 46.7 Å². The largest absolute Gasteiger partial charge is 0.467 e. The van der Waals surface area contributed by atoms with Crippen LogP contribution in [-0.2, 0) is 22.6 Å².